The summed E-state index contributed by atoms with van der Waals surface area (Å²) in [6, 6.07) is 8.23. The summed E-state index contributed by atoms with van der Waals surface area (Å²) in [6.07, 6.45) is 0. The van der Waals surface area contributed by atoms with Gasteiger partial charge in [0.1, 0.15) is 0 Å². The second-order valence-electron chi connectivity index (χ2n) is 4.08. The van der Waals surface area contributed by atoms with Crippen LogP contribution in [-0.2, 0) is 6.54 Å². The summed E-state index contributed by atoms with van der Waals surface area (Å²) in [5.74, 6) is 0.508. The highest BCUT2D eigenvalue weighted by atomic mass is 32.1. The molecule has 0 unspecified atom stereocenters. The predicted octanol–water partition coefficient (Wildman–Crippen LogP) is 3.39. The van der Waals surface area contributed by atoms with Gasteiger partial charge in [-0.2, -0.15) is 0 Å². The number of nitrogens with zero attached hydrogens (tertiary/aromatic N) is 1. The Kier molecular flexibility index (Phi) is 3.36. The summed E-state index contributed by atoms with van der Waals surface area (Å²) in [5.41, 5.74) is 11.1. The van der Waals surface area contributed by atoms with Crippen LogP contribution in [0.1, 0.15) is 30.2 Å². The normalized spacial score (nSPS) is 11.0. The van der Waals surface area contributed by atoms with Gasteiger partial charge in [0.2, 0.25) is 0 Å². The van der Waals surface area contributed by atoms with E-state index in [1.165, 1.54) is 10.4 Å². The molecule has 2 N–H and O–H groups in total. The molecule has 0 aliphatic carbocycles. The molecule has 84 valence electrons. The van der Waals surface area contributed by atoms with E-state index in [4.69, 9.17) is 5.73 Å². The van der Waals surface area contributed by atoms with Crippen LogP contribution in [0.2, 0.25) is 0 Å². The summed E-state index contributed by atoms with van der Waals surface area (Å²) >= 11 is 1.72. The van der Waals surface area contributed by atoms with E-state index in [9.17, 15) is 0 Å². The summed E-state index contributed by atoms with van der Waals surface area (Å²) in [6.45, 7) is 4.95. The number of thiazole rings is 1. The Bertz CT molecular complexity index is 474. The molecule has 0 aliphatic heterocycles. The van der Waals surface area contributed by atoms with Crippen molar-refractivity contribution in [3.05, 3.63) is 40.2 Å². The van der Waals surface area contributed by atoms with Crippen LogP contribution >= 0.6 is 11.3 Å². The first-order valence-corrected chi connectivity index (χ1v) is 6.33. The van der Waals surface area contributed by atoms with Crippen molar-refractivity contribution in [2.75, 3.05) is 0 Å². The van der Waals surface area contributed by atoms with Crippen molar-refractivity contribution >= 4 is 11.3 Å². The van der Waals surface area contributed by atoms with Gasteiger partial charge in [0.05, 0.1) is 11.2 Å². The standard InChI is InChI=1S/C13H16N2S/c1-9(2)13-12(15-8-16-13)11-6-4-3-5-10(11)7-14/h3-6,8-9H,7,14H2,1-2H3. The van der Waals surface area contributed by atoms with Crippen LogP contribution in [0.3, 0.4) is 0 Å². The second kappa shape index (κ2) is 4.76. The highest BCUT2D eigenvalue weighted by Crippen LogP contribution is 2.32. The molecule has 2 aromatic rings. The lowest BCUT2D eigenvalue weighted by atomic mass is 10.0. The molecule has 1 heterocycles. The van der Waals surface area contributed by atoms with Gasteiger partial charge in [-0.05, 0) is 11.5 Å². The molecule has 0 fully saturated rings. The van der Waals surface area contributed by atoms with Crippen molar-refractivity contribution in [1.82, 2.24) is 4.98 Å². The van der Waals surface area contributed by atoms with E-state index in [1.54, 1.807) is 11.3 Å². The highest BCUT2D eigenvalue weighted by molar-refractivity contribution is 7.10. The van der Waals surface area contributed by atoms with Gasteiger partial charge in [-0.15, -0.1) is 11.3 Å². The number of nitrogens with two attached hydrogens (primary N) is 1. The summed E-state index contributed by atoms with van der Waals surface area (Å²) in [7, 11) is 0. The minimum Gasteiger partial charge on any atom is -0.326 e. The number of hydrogen-bond donors (Lipinski definition) is 1. The first-order valence-electron chi connectivity index (χ1n) is 5.45. The quantitative estimate of drug-likeness (QED) is 0.881. The maximum absolute atomic E-state index is 5.76. The molecule has 0 bridgehead atoms. The van der Waals surface area contributed by atoms with Crippen LogP contribution in [0.4, 0.5) is 0 Å². The molecular formula is C13H16N2S. The molecule has 0 radical (unpaired) electrons. The van der Waals surface area contributed by atoms with E-state index in [-0.39, 0.29) is 0 Å². The smallest absolute Gasteiger partial charge is 0.0849 e. The van der Waals surface area contributed by atoms with Crippen LogP contribution in [0, 0.1) is 0 Å². The average molecular weight is 232 g/mol. The Morgan fingerprint density at radius 1 is 1.31 bits per heavy atom. The summed E-state index contributed by atoms with van der Waals surface area (Å²) in [4.78, 5) is 5.81. The zero-order valence-corrected chi connectivity index (χ0v) is 10.4. The summed E-state index contributed by atoms with van der Waals surface area (Å²) < 4.78 is 0. The monoisotopic (exact) mass is 232 g/mol. The van der Waals surface area contributed by atoms with E-state index in [0.29, 0.717) is 12.5 Å². The third-order valence-electron chi connectivity index (χ3n) is 2.61. The maximum Gasteiger partial charge on any atom is 0.0849 e. The lowest BCUT2D eigenvalue weighted by molar-refractivity contribution is 0.887. The van der Waals surface area contributed by atoms with Gasteiger partial charge in [-0.3, -0.25) is 0 Å². The molecule has 0 atom stereocenters. The fourth-order valence-corrected chi connectivity index (χ4v) is 2.61. The van der Waals surface area contributed by atoms with Gasteiger partial charge in [0, 0.05) is 17.0 Å². The number of rotatable bonds is 3. The van der Waals surface area contributed by atoms with Crippen molar-refractivity contribution < 1.29 is 0 Å². The molecule has 2 rings (SSSR count). The Balaban J connectivity index is 2.54. The Hall–Kier alpha value is -1.19. The van der Waals surface area contributed by atoms with Crippen molar-refractivity contribution in [1.29, 1.82) is 0 Å². The first kappa shape index (κ1) is 11.3. The fourth-order valence-electron chi connectivity index (χ4n) is 1.80. The average Bonchev–Trinajstić information content (AvgIpc) is 2.77. The zero-order chi connectivity index (χ0) is 11.5. The molecule has 0 aliphatic rings. The Morgan fingerprint density at radius 2 is 2.06 bits per heavy atom. The van der Waals surface area contributed by atoms with Crippen molar-refractivity contribution in [2.24, 2.45) is 5.73 Å². The largest absolute Gasteiger partial charge is 0.326 e. The molecule has 2 nitrogen and oxygen atoms in total. The van der Waals surface area contributed by atoms with Gasteiger partial charge in [-0.1, -0.05) is 38.1 Å². The van der Waals surface area contributed by atoms with E-state index in [0.717, 1.165) is 11.3 Å². The van der Waals surface area contributed by atoms with E-state index in [2.05, 4.69) is 31.0 Å². The molecule has 0 amide bonds. The molecular weight excluding hydrogens is 216 g/mol. The topological polar surface area (TPSA) is 38.9 Å². The fraction of sp³-hybridized carbons (Fsp3) is 0.308. The zero-order valence-electron chi connectivity index (χ0n) is 9.60. The lowest BCUT2D eigenvalue weighted by Crippen LogP contribution is -2.00. The van der Waals surface area contributed by atoms with Crippen LogP contribution in [-0.4, -0.2) is 4.98 Å². The molecule has 0 spiro atoms. The van der Waals surface area contributed by atoms with E-state index < -0.39 is 0 Å². The molecule has 0 saturated carbocycles. The third kappa shape index (κ3) is 2.01. The highest BCUT2D eigenvalue weighted by Gasteiger charge is 2.13. The number of benzene rings is 1. The van der Waals surface area contributed by atoms with Crippen molar-refractivity contribution in [3.8, 4) is 11.3 Å². The van der Waals surface area contributed by atoms with Crippen molar-refractivity contribution in [2.45, 2.75) is 26.3 Å². The number of hydrogen-bond acceptors (Lipinski definition) is 3. The number of aromatic nitrogens is 1. The molecule has 1 aromatic heterocycles. The summed E-state index contributed by atoms with van der Waals surface area (Å²) in [5, 5.41) is 0. The van der Waals surface area contributed by atoms with E-state index in [1.807, 2.05) is 17.6 Å². The maximum atomic E-state index is 5.76. The predicted molar refractivity (Wildman–Crippen MR) is 69.5 cm³/mol. The SMILES string of the molecule is CC(C)c1scnc1-c1ccccc1CN. The lowest BCUT2D eigenvalue weighted by Gasteiger charge is -2.09. The molecule has 1 aromatic carbocycles. The van der Waals surface area contributed by atoms with Gasteiger partial charge < -0.3 is 5.73 Å². The van der Waals surface area contributed by atoms with Gasteiger partial charge in [-0.25, -0.2) is 4.98 Å². The first-order chi connectivity index (χ1) is 7.74. The Labute approximate surface area is 100 Å². The molecule has 0 saturated heterocycles. The third-order valence-corrected chi connectivity index (χ3v) is 3.74. The van der Waals surface area contributed by atoms with Crippen LogP contribution in [0.25, 0.3) is 11.3 Å². The van der Waals surface area contributed by atoms with Gasteiger partial charge in [0.25, 0.3) is 0 Å². The molecule has 3 heteroatoms. The van der Waals surface area contributed by atoms with Crippen LogP contribution in [0.5, 0.6) is 0 Å². The van der Waals surface area contributed by atoms with E-state index >= 15 is 0 Å². The minimum absolute atomic E-state index is 0.508. The van der Waals surface area contributed by atoms with Gasteiger partial charge in [0.15, 0.2) is 0 Å². The molecule has 16 heavy (non-hydrogen) atoms. The van der Waals surface area contributed by atoms with Crippen LogP contribution < -0.4 is 5.73 Å². The Morgan fingerprint density at radius 3 is 2.75 bits per heavy atom. The van der Waals surface area contributed by atoms with Crippen LogP contribution in [0.15, 0.2) is 29.8 Å². The van der Waals surface area contributed by atoms with Gasteiger partial charge >= 0.3 is 0 Å². The second-order valence-corrected chi connectivity index (χ2v) is 4.97. The van der Waals surface area contributed by atoms with Crippen molar-refractivity contribution in [3.63, 3.8) is 0 Å². The minimum atomic E-state index is 0.508.